The van der Waals surface area contributed by atoms with Gasteiger partial charge in [-0.25, -0.2) is 0 Å². The van der Waals surface area contributed by atoms with E-state index in [2.05, 4.69) is 31.0 Å². The lowest BCUT2D eigenvalue weighted by atomic mass is 10.0. The summed E-state index contributed by atoms with van der Waals surface area (Å²) in [6.45, 7) is 11.2. The molecule has 0 radical (unpaired) electrons. The molecular weight excluding hydrogens is 212 g/mol. The lowest BCUT2D eigenvalue weighted by Crippen LogP contribution is -2.55. The Hall–Kier alpha value is -0.120. The molecule has 17 heavy (non-hydrogen) atoms. The normalized spacial score (nSPS) is 24.2. The van der Waals surface area contributed by atoms with Gasteiger partial charge in [0.15, 0.2) is 0 Å². The molecular formula is C14H30N2O. The van der Waals surface area contributed by atoms with Crippen molar-refractivity contribution < 1.29 is 4.74 Å². The molecule has 0 saturated carbocycles. The van der Waals surface area contributed by atoms with Gasteiger partial charge in [0.2, 0.25) is 0 Å². The number of hydrogen-bond acceptors (Lipinski definition) is 3. The van der Waals surface area contributed by atoms with E-state index in [0.717, 1.165) is 19.1 Å². The maximum Gasteiger partial charge on any atom is 0.0618 e. The molecule has 1 aliphatic heterocycles. The van der Waals surface area contributed by atoms with E-state index in [0.29, 0.717) is 12.1 Å². The molecule has 0 spiro atoms. The number of methoxy groups -OCH3 is 1. The third-order valence-electron chi connectivity index (χ3n) is 3.54. The van der Waals surface area contributed by atoms with E-state index in [1.165, 1.54) is 32.4 Å². The van der Waals surface area contributed by atoms with E-state index in [9.17, 15) is 0 Å². The summed E-state index contributed by atoms with van der Waals surface area (Å²) in [6, 6.07) is 1.28. The summed E-state index contributed by atoms with van der Waals surface area (Å²) in [5.74, 6) is 0.777. The lowest BCUT2D eigenvalue weighted by molar-refractivity contribution is 0.0617. The quantitative estimate of drug-likeness (QED) is 0.740. The van der Waals surface area contributed by atoms with E-state index >= 15 is 0 Å². The minimum atomic E-state index is 0.613. The molecule has 0 aromatic carbocycles. The van der Waals surface area contributed by atoms with Crippen molar-refractivity contribution in [2.45, 2.75) is 52.1 Å². The minimum Gasteiger partial charge on any atom is -0.383 e. The smallest absolute Gasteiger partial charge is 0.0618 e. The zero-order valence-electron chi connectivity index (χ0n) is 12.0. The highest BCUT2D eigenvalue weighted by Crippen LogP contribution is 2.14. The molecule has 0 aromatic heterocycles. The number of hydrogen-bond donors (Lipinski definition) is 1. The summed E-state index contributed by atoms with van der Waals surface area (Å²) in [5.41, 5.74) is 0. The van der Waals surface area contributed by atoms with E-state index < -0.39 is 0 Å². The van der Waals surface area contributed by atoms with Gasteiger partial charge in [-0.2, -0.15) is 0 Å². The number of rotatable bonds is 7. The first kappa shape index (κ1) is 14.9. The highest BCUT2D eigenvalue weighted by molar-refractivity contribution is 4.83. The Morgan fingerprint density at radius 1 is 1.41 bits per heavy atom. The van der Waals surface area contributed by atoms with Gasteiger partial charge < -0.3 is 10.1 Å². The fraction of sp³-hybridized carbons (Fsp3) is 1.00. The van der Waals surface area contributed by atoms with Gasteiger partial charge in [-0.15, -0.1) is 0 Å². The van der Waals surface area contributed by atoms with Crippen LogP contribution in [0.15, 0.2) is 0 Å². The molecule has 1 fully saturated rings. The monoisotopic (exact) mass is 242 g/mol. The summed E-state index contributed by atoms with van der Waals surface area (Å²) in [4.78, 5) is 2.62. The van der Waals surface area contributed by atoms with Crippen LogP contribution < -0.4 is 5.32 Å². The van der Waals surface area contributed by atoms with Gasteiger partial charge in [0.05, 0.1) is 6.61 Å². The van der Waals surface area contributed by atoms with Crippen molar-refractivity contribution in [2.24, 2.45) is 5.92 Å². The molecule has 3 heteroatoms. The SMILES string of the molecule is CCCC(COC)N1CCNC(CC(C)C)C1. The third kappa shape index (κ3) is 5.36. The Balaban J connectivity index is 2.44. The Labute approximate surface area is 107 Å². The number of nitrogens with zero attached hydrogens (tertiary/aromatic N) is 1. The molecule has 1 heterocycles. The van der Waals surface area contributed by atoms with Crippen LogP contribution in [0, 0.1) is 5.92 Å². The van der Waals surface area contributed by atoms with Crippen molar-refractivity contribution in [2.75, 3.05) is 33.4 Å². The Morgan fingerprint density at radius 3 is 2.76 bits per heavy atom. The predicted octanol–water partition coefficient (Wildman–Crippen LogP) is 2.12. The maximum atomic E-state index is 5.36. The second-order valence-corrected chi connectivity index (χ2v) is 5.67. The highest BCUT2D eigenvalue weighted by atomic mass is 16.5. The summed E-state index contributed by atoms with van der Waals surface area (Å²) < 4.78 is 5.36. The molecule has 102 valence electrons. The van der Waals surface area contributed by atoms with Crippen molar-refractivity contribution in [3.05, 3.63) is 0 Å². The predicted molar refractivity (Wildman–Crippen MR) is 73.4 cm³/mol. The highest BCUT2D eigenvalue weighted by Gasteiger charge is 2.25. The van der Waals surface area contributed by atoms with Crippen LogP contribution >= 0.6 is 0 Å². The van der Waals surface area contributed by atoms with E-state index in [1.54, 1.807) is 0 Å². The summed E-state index contributed by atoms with van der Waals surface area (Å²) in [5, 5.41) is 3.64. The molecule has 0 aromatic rings. The van der Waals surface area contributed by atoms with Crippen LogP contribution in [0.2, 0.25) is 0 Å². The van der Waals surface area contributed by atoms with E-state index in [1.807, 2.05) is 7.11 Å². The molecule has 1 N–H and O–H groups in total. The van der Waals surface area contributed by atoms with Gasteiger partial charge >= 0.3 is 0 Å². The second-order valence-electron chi connectivity index (χ2n) is 5.67. The first-order chi connectivity index (χ1) is 8.17. The van der Waals surface area contributed by atoms with Crippen LogP contribution in [0.5, 0.6) is 0 Å². The summed E-state index contributed by atoms with van der Waals surface area (Å²) >= 11 is 0. The van der Waals surface area contributed by atoms with Crippen LogP contribution in [-0.4, -0.2) is 50.3 Å². The standard InChI is InChI=1S/C14H30N2O/c1-5-6-14(11-17-4)16-8-7-15-13(10-16)9-12(2)3/h12-15H,5-11H2,1-4H3. The topological polar surface area (TPSA) is 24.5 Å². The van der Waals surface area contributed by atoms with Gasteiger partial charge in [-0.3, -0.25) is 4.90 Å². The molecule has 1 saturated heterocycles. The Bertz CT molecular complexity index is 191. The average molecular weight is 242 g/mol. The number of piperazine rings is 1. The number of ether oxygens (including phenoxy) is 1. The van der Waals surface area contributed by atoms with Gasteiger partial charge in [0.25, 0.3) is 0 Å². The van der Waals surface area contributed by atoms with Gasteiger partial charge in [-0.05, 0) is 18.8 Å². The summed E-state index contributed by atoms with van der Waals surface area (Å²) in [6.07, 6.45) is 3.78. The maximum absolute atomic E-state index is 5.36. The van der Waals surface area contributed by atoms with Gasteiger partial charge in [0.1, 0.15) is 0 Å². The van der Waals surface area contributed by atoms with Crippen LogP contribution in [0.4, 0.5) is 0 Å². The molecule has 0 amide bonds. The van der Waals surface area contributed by atoms with Crippen molar-refractivity contribution in [3.8, 4) is 0 Å². The molecule has 2 unspecified atom stereocenters. The van der Waals surface area contributed by atoms with Crippen LogP contribution in [0.3, 0.4) is 0 Å². The largest absolute Gasteiger partial charge is 0.383 e. The first-order valence-corrected chi connectivity index (χ1v) is 7.13. The van der Waals surface area contributed by atoms with Crippen LogP contribution in [-0.2, 0) is 4.74 Å². The first-order valence-electron chi connectivity index (χ1n) is 7.13. The lowest BCUT2D eigenvalue weighted by Gasteiger charge is -2.39. The fourth-order valence-corrected chi connectivity index (χ4v) is 2.81. The molecule has 1 aliphatic rings. The molecule has 0 bridgehead atoms. The zero-order valence-corrected chi connectivity index (χ0v) is 12.0. The molecule has 2 atom stereocenters. The van der Waals surface area contributed by atoms with Gasteiger partial charge in [-0.1, -0.05) is 27.2 Å². The van der Waals surface area contributed by atoms with Crippen LogP contribution in [0.1, 0.15) is 40.0 Å². The number of nitrogens with one attached hydrogen (secondary N) is 1. The molecule has 3 nitrogen and oxygen atoms in total. The van der Waals surface area contributed by atoms with Crippen molar-refractivity contribution in [3.63, 3.8) is 0 Å². The average Bonchev–Trinajstić information content (AvgIpc) is 2.28. The fourth-order valence-electron chi connectivity index (χ4n) is 2.81. The molecule has 0 aliphatic carbocycles. The van der Waals surface area contributed by atoms with Crippen LogP contribution in [0.25, 0.3) is 0 Å². The second kappa shape index (κ2) is 8.06. The van der Waals surface area contributed by atoms with Gasteiger partial charge in [0, 0.05) is 38.8 Å². The Kier molecular flexibility index (Phi) is 7.09. The van der Waals surface area contributed by atoms with E-state index in [4.69, 9.17) is 4.74 Å². The van der Waals surface area contributed by atoms with Crippen molar-refractivity contribution in [1.29, 1.82) is 0 Å². The zero-order chi connectivity index (χ0) is 12.7. The van der Waals surface area contributed by atoms with Crippen molar-refractivity contribution >= 4 is 0 Å². The minimum absolute atomic E-state index is 0.613. The summed E-state index contributed by atoms with van der Waals surface area (Å²) in [7, 11) is 1.82. The third-order valence-corrected chi connectivity index (χ3v) is 3.54. The molecule has 1 rings (SSSR count). The van der Waals surface area contributed by atoms with Crippen molar-refractivity contribution in [1.82, 2.24) is 10.2 Å². The van der Waals surface area contributed by atoms with E-state index in [-0.39, 0.29) is 0 Å². The Morgan fingerprint density at radius 2 is 2.18 bits per heavy atom.